The zero-order valence-electron chi connectivity index (χ0n) is 21.8. The van der Waals surface area contributed by atoms with Crippen LogP contribution in [0.2, 0.25) is 10.0 Å². The number of carbonyl (C=O) groups is 1. The fraction of sp³-hybridized carbons (Fsp3) is 0.379. The Morgan fingerprint density at radius 2 is 1.95 bits per heavy atom. The molecule has 1 atom stereocenters. The van der Waals surface area contributed by atoms with E-state index in [0.717, 1.165) is 30.4 Å². The SMILES string of the molecule is CCOc1cc(C=Nc2sc3c(c2C(=O)Nc2ccc(Cl)cc2)CC[C@@H](C(C)(C)C)C3)cc(Cl)c1OC. The van der Waals surface area contributed by atoms with Gasteiger partial charge < -0.3 is 14.8 Å². The van der Waals surface area contributed by atoms with Crippen LogP contribution in [0.4, 0.5) is 10.7 Å². The van der Waals surface area contributed by atoms with Crippen LogP contribution in [0.3, 0.4) is 0 Å². The number of halogens is 2. The number of fused-ring (bicyclic) bond motifs is 1. The van der Waals surface area contributed by atoms with Gasteiger partial charge in [0.2, 0.25) is 0 Å². The van der Waals surface area contributed by atoms with Crippen LogP contribution in [0.15, 0.2) is 41.4 Å². The number of ether oxygens (including phenoxy) is 2. The molecular weight excluding hydrogens is 527 g/mol. The maximum Gasteiger partial charge on any atom is 0.259 e. The third-order valence-electron chi connectivity index (χ3n) is 6.67. The maximum atomic E-state index is 13.6. The molecule has 0 radical (unpaired) electrons. The molecule has 37 heavy (non-hydrogen) atoms. The molecule has 0 saturated heterocycles. The molecule has 0 fully saturated rings. The average Bonchev–Trinajstić information content (AvgIpc) is 3.21. The van der Waals surface area contributed by atoms with Gasteiger partial charge in [-0.3, -0.25) is 4.79 Å². The summed E-state index contributed by atoms with van der Waals surface area (Å²) in [6, 6.07) is 10.7. The molecule has 0 bridgehead atoms. The Kier molecular flexibility index (Phi) is 8.52. The van der Waals surface area contributed by atoms with Gasteiger partial charge in [0.1, 0.15) is 5.00 Å². The Hall–Kier alpha value is -2.54. The van der Waals surface area contributed by atoms with Crippen LogP contribution in [-0.4, -0.2) is 25.8 Å². The number of anilines is 1. The zero-order valence-corrected chi connectivity index (χ0v) is 24.1. The van der Waals surface area contributed by atoms with E-state index in [-0.39, 0.29) is 11.3 Å². The lowest BCUT2D eigenvalue weighted by atomic mass is 9.72. The monoisotopic (exact) mass is 558 g/mol. The highest BCUT2D eigenvalue weighted by Gasteiger charge is 2.33. The van der Waals surface area contributed by atoms with Crippen molar-refractivity contribution in [1.29, 1.82) is 0 Å². The summed E-state index contributed by atoms with van der Waals surface area (Å²) in [5.41, 5.74) is 3.40. The normalized spacial score (nSPS) is 15.5. The standard InChI is InChI=1S/C29H32Cl2N2O3S/c1-6-36-23-14-17(13-22(31)26(23)35-5)16-32-28-25(27(34)33-20-10-8-19(30)9-11-20)21-12-7-18(29(2,3)4)15-24(21)37-28/h8-11,13-14,16,18H,6-7,12,15H2,1-5H3,(H,33,34)/t18-/m1/s1. The Labute approximate surface area is 232 Å². The molecule has 196 valence electrons. The van der Waals surface area contributed by atoms with Gasteiger partial charge >= 0.3 is 0 Å². The molecule has 4 rings (SSSR count). The maximum absolute atomic E-state index is 13.6. The number of rotatable bonds is 7. The van der Waals surface area contributed by atoms with E-state index in [0.29, 0.717) is 50.3 Å². The van der Waals surface area contributed by atoms with E-state index in [4.69, 9.17) is 37.7 Å². The number of benzene rings is 2. The van der Waals surface area contributed by atoms with Gasteiger partial charge in [0.05, 0.1) is 24.3 Å². The minimum Gasteiger partial charge on any atom is -0.491 e. The van der Waals surface area contributed by atoms with E-state index < -0.39 is 0 Å². The number of methoxy groups -OCH3 is 1. The number of hydrogen-bond acceptors (Lipinski definition) is 5. The van der Waals surface area contributed by atoms with E-state index in [1.165, 1.54) is 4.88 Å². The van der Waals surface area contributed by atoms with Crippen molar-refractivity contribution in [2.75, 3.05) is 19.0 Å². The lowest BCUT2D eigenvalue weighted by molar-refractivity contribution is 0.102. The summed E-state index contributed by atoms with van der Waals surface area (Å²) in [4.78, 5) is 19.6. The molecule has 1 aliphatic carbocycles. The summed E-state index contributed by atoms with van der Waals surface area (Å²) >= 11 is 14.1. The first-order valence-electron chi connectivity index (χ1n) is 12.4. The van der Waals surface area contributed by atoms with Gasteiger partial charge in [0, 0.05) is 21.8 Å². The van der Waals surface area contributed by atoms with Crippen LogP contribution in [-0.2, 0) is 12.8 Å². The van der Waals surface area contributed by atoms with E-state index in [2.05, 4.69) is 26.1 Å². The van der Waals surface area contributed by atoms with Gasteiger partial charge in [0.15, 0.2) is 11.5 Å². The van der Waals surface area contributed by atoms with Gasteiger partial charge in [-0.05, 0) is 85.0 Å². The predicted molar refractivity (Wildman–Crippen MR) is 155 cm³/mol. The minimum absolute atomic E-state index is 0.163. The van der Waals surface area contributed by atoms with Crippen LogP contribution >= 0.6 is 34.5 Å². The lowest BCUT2D eigenvalue weighted by Crippen LogP contribution is -2.27. The van der Waals surface area contributed by atoms with Crippen LogP contribution in [0, 0.1) is 11.3 Å². The smallest absolute Gasteiger partial charge is 0.259 e. The first kappa shape index (κ1) is 27.5. The molecule has 1 N–H and O–H groups in total. The molecule has 8 heteroatoms. The highest BCUT2D eigenvalue weighted by atomic mass is 35.5. The number of nitrogens with zero attached hydrogens (tertiary/aromatic N) is 1. The summed E-state index contributed by atoms with van der Waals surface area (Å²) < 4.78 is 11.1. The molecule has 5 nitrogen and oxygen atoms in total. The lowest BCUT2D eigenvalue weighted by Gasteiger charge is -2.33. The van der Waals surface area contributed by atoms with Crippen molar-refractivity contribution in [3.05, 3.63) is 68.0 Å². The van der Waals surface area contributed by atoms with Gasteiger partial charge in [0.25, 0.3) is 5.91 Å². The number of carbonyl (C=O) groups excluding carboxylic acids is 1. The zero-order chi connectivity index (χ0) is 26.7. The molecule has 1 aliphatic rings. The summed E-state index contributed by atoms with van der Waals surface area (Å²) in [7, 11) is 1.56. The predicted octanol–water partition coefficient (Wildman–Crippen LogP) is 8.62. The molecule has 0 unspecified atom stereocenters. The second kappa shape index (κ2) is 11.5. The molecule has 3 aromatic rings. The van der Waals surface area contributed by atoms with Gasteiger partial charge in [-0.25, -0.2) is 4.99 Å². The van der Waals surface area contributed by atoms with Crippen LogP contribution < -0.4 is 14.8 Å². The molecule has 2 aromatic carbocycles. The largest absolute Gasteiger partial charge is 0.491 e. The third-order valence-corrected chi connectivity index (χ3v) is 8.36. The third kappa shape index (κ3) is 6.31. The van der Waals surface area contributed by atoms with Crippen LogP contribution in [0.5, 0.6) is 11.5 Å². The number of aliphatic imine (C=N–C) groups is 1. The highest BCUT2D eigenvalue weighted by molar-refractivity contribution is 7.16. The summed E-state index contributed by atoms with van der Waals surface area (Å²) in [6.07, 6.45) is 4.58. The highest BCUT2D eigenvalue weighted by Crippen LogP contribution is 2.45. The Morgan fingerprint density at radius 1 is 1.22 bits per heavy atom. The quantitative estimate of drug-likeness (QED) is 0.295. The molecule has 0 spiro atoms. The molecular formula is C29H32Cl2N2O3S. The molecule has 0 aliphatic heterocycles. The van der Waals surface area contributed by atoms with Crippen molar-refractivity contribution < 1.29 is 14.3 Å². The Morgan fingerprint density at radius 3 is 2.59 bits per heavy atom. The van der Waals surface area contributed by atoms with Gasteiger partial charge in [-0.1, -0.05) is 44.0 Å². The number of amides is 1. The van der Waals surface area contributed by atoms with Crippen molar-refractivity contribution in [1.82, 2.24) is 0 Å². The van der Waals surface area contributed by atoms with Crippen molar-refractivity contribution in [3.63, 3.8) is 0 Å². The van der Waals surface area contributed by atoms with E-state index in [1.807, 2.05) is 13.0 Å². The van der Waals surface area contributed by atoms with Crippen molar-refractivity contribution in [3.8, 4) is 11.5 Å². The van der Waals surface area contributed by atoms with Gasteiger partial charge in [-0.15, -0.1) is 11.3 Å². The van der Waals surface area contributed by atoms with E-state index in [1.54, 1.807) is 55.0 Å². The molecule has 1 aromatic heterocycles. The minimum atomic E-state index is -0.163. The van der Waals surface area contributed by atoms with E-state index >= 15 is 0 Å². The summed E-state index contributed by atoms with van der Waals surface area (Å²) in [5, 5.41) is 4.78. The molecule has 1 amide bonds. The second-order valence-electron chi connectivity index (χ2n) is 10.2. The summed E-state index contributed by atoms with van der Waals surface area (Å²) in [5.74, 6) is 1.43. The number of nitrogens with one attached hydrogen (secondary N) is 1. The van der Waals surface area contributed by atoms with E-state index in [9.17, 15) is 4.79 Å². The summed E-state index contributed by atoms with van der Waals surface area (Å²) in [6.45, 7) is 9.24. The number of thiophene rings is 1. The Balaban J connectivity index is 1.72. The fourth-order valence-electron chi connectivity index (χ4n) is 4.62. The Bertz CT molecular complexity index is 1310. The van der Waals surface area contributed by atoms with Gasteiger partial charge in [-0.2, -0.15) is 0 Å². The fourth-order valence-corrected chi connectivity index (χ4v) is 6.31. The van der Waals surface area contributed by atoms with Crippen molar-refractivity contribution in [2.24, 2.45) is 16.3 Å². The first-order valence-corrected chi connectivity index (χ1v) is 13.9. The number of hydrogen-bond donors (Lipinski definition) is 1. The average molecular weight is 560 g/mol. The van der Waals surface area contributed by atoms with Crippen molar-refractivity contribution >= 4 is 57.3 Å². The molecule has 1 heterocycles. The topological polar surface area (TPSA) is 59.9 Å². The van der Waals surface area contributed by atoms with Crippen LogP contribution in [0.25, 0.3) is 0 Å². The first-order chi connectivity index (χ1) is 17.6. The van der Waals surface area contributed by atoms with Crippen LogP contribution in [0.1, 0.15) is 60.5 Å². The molecule has 0 saturated carbocycles. The second-order valence-corrected chi connectivity index (χ2v) is 12.1. The van der Waals surface area contributed by atoms with Crippen molar-refractivity contribution in [2.45, 2.75) is 47.0 Å².